The summed E-state index contributed by atoms with van der Waals surface area (Å²) in [5.41, 5.74) is 3.33. The summed E-state index contributed by atoms with van der Waals surface area (Å²) in [6.45, 7) is 3.73. The molecule has 2 aromatic rings. The molecule has 6 nitrogen and oxygen atoms in total. The topological polar surface area (TPSA) is 75.7 Å². The van der Waals surface area contributed by atoms with Gasteiger partial charge in [0.25, 0.3) is 5.91 Å². The third-order valence-electron chi connectivity index (χ3n) is 4.82. The van der Waals surface area contributed by atoms with Gasteiger partial charge in [0.15, 0.2) is 6.61 Å². The number of nitrogens with zero attached hydrogens (tertiary/aromatic N) is 1. The highest BCUT2D eigenvalue weighted by Crippen LogP contribution is 2.30. The highest BCUT2D eigenvalue weighted by atomic mass is 35.5. The van der Waals surface area contributed by atoms with Crippen molar-refractivity contribution in [1.82, 2.24) is 0 Å². The smallest absolute Gasteiger partial charge is 0.311 e. The first-order chi connectivity index (χ1) is 13.4. The van der Waals surface area contributed by atoms with Crippen LogP contribution in [0.2, 0.25) is 5.02 Å². The molecule has 0 aromatic heterocycles. The molecule has 0 aliphatic carbocycles. The quantitative estimate of drug-likeness (QED) is 0.779. The van der Waals surface area contributed by atoms with Gasteiger partial charge in [-0.25, -0.2) is 0 Å². The Kier molecular flexibility index (Phi) is 5.99. The fourth-order valence-corrected chi connectivity index (χ4v) is 3.31. The average Bonchev–Trinajstić information content (AvgIpc) is 3.05. The number of anilines is 2. The Morgan fingerprint density at radius 2 is 1.93 bits per heavy atom. The number of aryl methyl sites for hydroxylation is 1. The van der Waals surface area contributed by atoms with Crippen LogP contribution in [0, 0.1) is 19.8 Å². The number of esters is 1. The predicted molar refractivity (Wildman–Crippen MR) is 107 cm³/mol. The van der Waals surface area contributed by atoms with Gasteiger partial charge in [-0.3, -0.25) is 14.4 Å². The van der Waals surface area contributed by atoms with Crippen molar-refractivity contribution in [3.05, 3.63) is 58.6 Å². The molecule has 3 rings (SSSR count). The number of carbonyl (C=O) groups excluding carboxylic acids is 3. The number of amides is 2. The number of hydrogen-bond acceptors (Lipinski definition) is 4. The average molecular weight is 401 g/mol. The van der Waals surface area contributed by atoms with E-state index in [9.17, 15) is 14.4 Å². The lowest BCUT2D eigenvalue weighted by atomic mass is 10.1. The molecule has 0 spiro atoms. The molecular formula is C21H21ClN2O4. The Bertz CT molecular complexity index is 928. The number of nitrogens with one attached hydrogen (secondary N) is 1. The summed E-state index contributed by atoms with van der Waals surface area (Å²) < 4.78 is 5.11. The monoisotopic (exact) mass is 400 g/mol. The van der Waals surface area contributed by atoms with Crippen LogP contribution >= 0.6 is 11.6 Å². The number of rotatable bonds is 5. The number of para-hydroxylation sites is 1. The molecule has 0 radical (unpaired) electrons. The largest absolute Gasteiger partial charge is 0.455 e. The molecule has 1 atom stereocenters. The summed E-state index contributed by atoms with van der Waals surface area (Å²) in [4.78, 5) is 38.3. The lowest BCUT2D eigenvalue weighted by Crippen LogP contribution is -2.28. The van der Waals surface area contributed by atoms with Crippen LogP contribution in [0.3, 0.4) is 0 Å². The van der Waals surface area contributed by atoms with Crippen molar-refractivity contribution in [3.8, 4) is 0 Å². The van der Waals surface area contributed by atoms with E-state index < -0.39 is 24.4 Å². The molecule has 1 aliphatic heterocycles. The van der Waals surface area contributed by atoms with Crippen LogP contribution in [0.5, 0.6) is 0 Å². The number of halogens is 1. The van der Waals surface area contributed by atoms with Gasteiger partial charge in [0.1, 0.15) is 0 Å². The molecule has 146 valence electrons. The lowest BCUT2D eigenvalue weighted by Gasteiger charge is -2.20. The zero-order valence-electron chi connectivity index (χ0n) is 15.7. The maximum absolute atomic E-state index is 12.4. The van der Waals surface area contributed by atoms with Gasteiger partial charge in [-0.2, -0.15) is 0 Å². The molecule has 1 N–H and O–H groups in total. The van der Waals surface area contributed by atoms with E-state index in [1.807, 2.05) is 32.0 Å². The van der Waals surface area contributed by atoms with E-state index in [0.717, 1.165) is 16.8 Å². The standard InChI is InChI=1S/C21H21ClN2O4/c1-13-6-5-9-18(14(13)2)24-11-15(10-20(24)26)21(27)28-12-19(25)23-17-8-4-3-7-16(17)22/h3-9,15H,10-12H2,1-2H3,(H,23,25)/t15-/m0/s1. The summed E-state index contributed by atoms with van der Waals surface area (Å²) in [6, 6.07) is 12.5. The first-order valence-electron chi connectivity index (χ1n) is 8.94. The van der Waals surface area contributed by atoms with Crippen molar-refractivity contribution >= 4 is 40.8 Å². The van der Waals surface area contributed by atoms with E-state index in [2.05, 4.69) is 5.32 Å². The second kappa shape index (κ2) is 8.44. The van der Waals surface area contributed by atoms with Gasteiger partial charge in [0, 0.05) is 18.7 Å². The minimum atomic E-state index is -0.597. The molecule has 0 bridgehead atoms. The van der Waals surface area contributed by atoms with E-state index in [4.69, 9.17) is 16.3 Å². The van der Waals surface area contributed by atoms with Crippen molar-refractivity contribution in [2.75, 3.05) is 23.4 Å². The summed E-state index contributed by atoms with van der Waals surface area (Å²) in [5.74, 6) is -1.77. The molecule has 0 saturated carbocycles. The number of ether oxygens (including phenoxy) is 1. The van der Waals surface area contributed by atoms with Gasteiger partial charge in [-0.05, 0) is 43.2 Å². The second-order valence-corrected chi connectivity index (χ2v) is 7.17. The van der Waals surface area contributed by atoms with E-state index in [1.54, 1.807) is 29.2 Å². The summed E-state index contributed by atoms with van der Waals surface area (Å²) in [6.07, 6.45) is 0.0678. The minimum Gasteiger partial charge on any atom is -0.455 e. The van der Waals surface area contributed by atoms with Gasteiger partial charge in [0.05, 0.1) is 16.6 Å². The van der Waals surface area contributed by atoms with Gasteiger partial charge in [-0.15, -0.1) is 0 Å². The van der Waals surface area contributed by atoms with Crippen molar-refractivity contribution in [2.24, 2.45) is 5.92 Å². The molecule has 0 unspecified atom stereocenters. The fourth-order valence-electron chi connectivity index (χ4n) is 3.13. The van der Waals surface area contributed by atoms with Crippen LogP contribution in [0.4, 0.5) is 11.4 Å². The number of carbonyl (C=O) groups is 3. The molecule has 1 aliphatic rings. The summed E-state index contributed by atoms with van der Waals surface area (Å²) >= 11 is 5.98. The molecule has 1 fully saturated rings. The Hall–Kier alpha value is -2.86. The summed E-state index contributed by atoms with van der Waals surface area (Å²) in [7, 11) is 0. The van der Waals surface area contributed by atoms with Crippen LogP contribution in [0.25, 0.3) is 0 Å². The van der Waals surface area contributed by atoms with Gasteiger partial charge in [-0.1, -0.05) is 35.9 Å². The SMILES string of the molecule is Cc1cccc(N2C[C@@H](C(=O)OCC(=O)Nc3ccccc3Cl)CC2=O)c1C. The van der Waals surface area contributed by atoms with E-state index in [1.165, 1.54) is 0 Å². The molecule has 2 aromatic carbocycles. The lowest BCUT2D eigenvalue weighted by molar-refractivity contribution is -0.151. The van der Waals surface area contributed by atoms with Crippen LogP contribution in [-0.4, -0.2) is 30.9 Å². The zero-order valence-corrected chi connectivity index (χ0v) is 16.5. The molecule has 28 heavy (non-hydrogen) atoms. The van der Waals surface area contributed by atoms with E-state index in [0.29, 0.717) is 10.7 Å². The number of benzene rings is 2. The van der Waals surface area contributed by atoms with Crippen molar-refractivity contribution in [1.29, 1.82) is 0 Å². The number of hydrogen-bond donors (Lipinski definition) is 1. The van der Waals surface area contributed by atoms with Crippen molar-refractivity contribution in [2.45, 2.75) is 20.3 Å². The Balaban J connectivity index is 1.57. The van der Waals surface area contributed by atoms with E-state index in [-0.39, 0.29) is 18.9 Å². The van der Waals surface area contributed by atoms with Crippen LogP contribution in [-0.2, 0) is 19.1 Å². The molecular weight excluding hydrogens is 380 g/mol. The Morgan fingerprint density at radius 3 is 2.68 bits per heavy atom. The van der Waals surface area contributed by atoms with Crippen molar-refractivity contribution < 1.29 is 19.1 Å². The maximum atomic E-state index is 12.4. The van der Waals surface area contributed by atoms with E-state index >= 15 is 0 Å². The molecule has 1 saturated heterocycles. The van der Waals surface area contributed by atoms with Crippen LogP contribution < -0.4 is 10.2 Å². The normalized spacial score (nSPS) is 16.2. The van der Waals surface area contributed by atoms with Gasteiger partial charge >= 0.3 is 5.97 Å². The zero-order chi connectivity index (χ0) is 20.3. The van der Waals surface area contributed by atoms with Crippen LogP contribution in [0.1, 0.15) is 17.5 Å². The van der Waals surface area contributed by atoms with Crippen molar-refractivity contribution in [3.63, 3.8) is 0 Å². The maximum Gasteiger partial charge on any atom is 0.311 e. The van der Waals surface area contributed by atoms with Crippen LogP contribution in [0.15, 0.2) is 42.5 Å². The highest BCUT2D eigenvalue weighted by molar-refractivity contribution is 6.33. The minimum absolute atomic E-state index is 0.0678. The third-order valence-corrected chi connectivity index (χ3v) is 5.15. The third kappa shape index (κ3) is 4.34. The van der Waals surface area contributed by atoms with Gasteiger partial charge in [0.2, 0.25) is 5.91 Å². The first-order valence-corrected chi connectivity index (χ1v) is 9.32. The molecule has 7 heteroatoms. The fraction of sp³-hybridized carbons (Fsp3) is 0.286. The highest BCUT2D eigenvalue weighted by Gasteiger charge is 2.37. The Labute approximate surface area is 168 Å². The Morgan fingerprint density at radius 1 is 1.18 bits per heavy atom. The second-order valence-electron chi connectivity index (χ2n) is 6.76. The molecule has 2 amide bonds. The molecule has 1 heterocycles. The first kappa shape index (κ1) is 19.9. The summed E-state index contributed by atoms with van der Waals surface area (Å²) in [5, 5.41) is 2.98. The van der Waals surface area contributed by atoms with Gasteiger partial charge < -0.3 is 15.0 Å². The predicted octanol–water partition coefficient (Wildman–Crippen LogP) is 3.49.